The number of hydrogen-bond donors (Lipinski definition) is 1. The molecule has 1 unspecified atom stereocenters. The molecule has 1 heterocycles. The fourth-order valence-corrected chi connectivity index (χ4v) is 2.31. The molecule has 21 heavy (non-hydrogen) atoms. The van der Waals surface area contributed by atoms with E-state index in [1.807, 2.05) is 38.1 Å². The third kappa shape index (κ3) is 4.07. The van der Waals surface area contributed by atoms with E-state index in [-0.39, 0.29) is 11.9 Å². The highest BCUT2D eigenvalue weighted by molar-refractivity contribution is 9.10. The highest BCUT2D eigenvalue weighted by atomic mass is 79.9. The van der Waals surface area contributed by atoms with Crippen molar-refractivity contribution < 1.29 is 9.53 Å². The summed E-state index contributed by atoms with van der Waals surface area (Å²) in [5.41, 5.74) is 0.744. The van der Waals surface area contributed by atoms with Crippen LogP contribution < -0.4 is 10.1 Å². The number of halogens is 1. The van der Waals surface area contributed by atoms with Gasteiger partial charge in [0.05, 0.1) is 17.3 Å². The summed E-state index contributed by atoms with van der Waals surface area (Å²) in [6.45, 7) is 4.51. The van der Waals surface area contributed by atoms with E-state index in [0.717, 1.165) is 15.9 Å². The Morgan fingerprint density at radius 2 is 2.10 bits per heavy atom. The normalized spacial score (nSPS) is 12.0. The van der Waals surface area contributed by atoms with Crippen LogP contribution in [0.5, 0.6) is 5.75 Å². The lowest BCUT2D eigenvalue weighted by molar-refractivity contribution is -0.119. The predicted octanol–water partition coefficient (Wildman–Crippen LogP) is 3.63. The zero-order valence-electron chi connectivity index (χ0n) is 12.0. The monoisotopic (exact) mass is 351 g/mol. The largest absolute Gasteiger partial charge is 0.494 e. The van der Waals surface area contributed by atoms with E-state index in [0.29, 0.717) is 13.0 Å². The number of benzene rings is 1. The van der Waals surface area contributed by atoms with Gasteiger partial charge in [-0.1, -0.05) is 6.92 Å². The molecule has 1 aromatic carbocycles. The van der Waals surface area contributed by atoms with Crippen LogP contribution in [0.1, 0.15) is 26.3 Å². The number of ether oxygens (including phenoxy) is 1. The Morgan fingerprint density at radius 1 is 1.38 bits per heavy atom. The summed E-state index contributed by atoms with van der Waals surface area (Å²) >= 11 is 3.34. The van der Waals surface area contributed by atoms with Gasteiger partial charge in [0, 0.05) is 11.9 Å². The second-order valence-electron chi connectivity index (χ2n) is 4.51. The highest BCUT2D eigenvalue weighted by Crippen LogP contribution is 2.19. The van der Waals surface area contributed by atoms with Crippen molar-refractivity contribution >= 4 is 27.5 Å². The molecule has 1 aromatic heterocycles. The second-order valence-corrected chi connectivity index (χ2v) is 5.42. The van der Waals surface area contributed by atoms with Crippen LogP contribution in [-0.4, -0.2) is 22.3 Å². The van der Waals surface area contributed by atoms with Crippen molar-refractivity contribution in [1.29, 1.82) is 0 Å². The molecule has 0 saturated carbocycles. The predicted molar refractivity (Wildman–Crippen MR) is 85.5 cm³/mol. The molecule has 0 bridgehead atoms. The number of carbonyl (C=O) groups excluding carboxylic acids is 1. The minimum absolute atomic E-state index is 0.0859. The summed E-state index contributed by atoms with van der Waals surface area (Å²) < 4.78 is 7.89. The maximum atomic E-state index is 12.3. The van der Waals surface area contributed by atoms with Gasteiger partial charge in [-0.2, -0.15) is 5.10 Å². The number of aromatic nitrogens is 2. The SMILES string of the molecule is CCOc1ccc(NC(=O)C(CC)n2cc(Br)cn2)cc1. The molecular formula is C15H18BrN3O2. The van der Waals surface area contributed by atoms with Crippen molar-refractivity contribution in [2.24, 2.45) is 0 Å². The van der Waals surface area contributed by atoms with Crippen molar-refractivity contribution in [3.63, 3.8) is 0 Å². The third-order valence-corrected chi connectivity index (χ3v) is 3.42. The number of amides is 1. The molecule has 0 aliphatic carbocycles. The van der Waals surface area contributed by atoms with Gasteiger partial charge in [0.1, 0.15) is 11.8 Å². The van der Waals surface area contributed by atoms with Crippen LogP contribution in [0.25, 0.3) is 0 Å². The van der Waals surface area contributed by atoms with Crippen molar-refractivity contribution in [1.82, 2.24) is 9.78 Å². The summed E-state index contributed by atoms with van der Waals surface area (Å²) in [5.74, 6) is 0.704. The van der Waals surface area contributed by atoms with Gasteiger partial charge >= 0.3 is 0 Å². The first-order chi connectivity index (χ1) is 10.1. The van der Waals surface area contributed by atoms with Crippen molar-refractivity contribution in [3.8, 4) is 5.75 Å². The average molecular weight is 352 g/mol. The summed E-state index contributed by atoms with van der Waals surface area (Å²) in [6.07, 6.45) is 4.13. The molecule has 6 heteroatoms. The van der Waals surface area contributed by atoms with E-state index in [1.165, 1.54) is 0 Å². The Bertz CT molecular complexity index is 595. The van der Waals surface area contributed by atoms with Gasteiger partial charge in [0.2, 0.25) is 5.91 Å². The number of nitrogens with one attached hydrogen (secondary N) is 1. The smallest absolute Gasteiger partial charge is 0.249 e. The molecule has 0 radical (unpaired) electrons. The highest BCUT2D eigenvalue weighted by Gasteiger charge is 2.19. The van der Waals surface area contributed by atoms with Crippen molar-refractivity contribution in [2.45, 2.75) is 26.3 Å². The van der Waals surface area contributed by atoms with Gasteiger partial charge < -0.3 is 10.1 Å². The Hall–Kier alpha value is -1.82. The molecule has 1 atom stereocenters. The fourth-order valence-electron chi connectivity index (χ4n) is 2.00. The van der Waals surface area contributed by atoms with Crippen LogP contribution in [0.3, 0.4) is 0 Å². The molecule has 0 saturated heterocycles. The first-order valence-electron chi connectivity index (χ1n) is 6.87. The number of carbonyl (C=O) groups is 1. The Morgan fingerprint density at radius 3 is 2.62 bits per heavy atom. The standard InChI is InChI=1S/C15H18BrN3O2/c1-3-14(19-10-11(16)9-17-19)15(20)18-12-5-7-13(8-6-12)21-4-2/h5-10,14H,3-4H2,1-2H3,(H,18,20). The van der Waals surface area contributed by atoms with E-state index in [2.05, 4.69) is 26.3 Å². The maximum Gasteiger partial charge on any atom is 0.249 e. The number of hydrogen-bond acceptors (Lipinski definition) is 3. The van der Waals surface area contributed by atoms with Crippen LogP contribution in [0, 0.1) is 0 Å². The minimum Gasteiger partial charge on any atom is -0.494 e. The molecule has 1 N–H and O–H groups in total. The summed E-state index contributed by atoms with van der Waals surface area (Å²) in [6, 6.07) is 7.00. The molecule has 5 nitrogen and oxygen atoms in total. The Kier molecular flexibility index (Phi) is 5.38. The van der Waals surface area contributed by atoms with E-state index < -0.39 is 0 Å². The van der Waals surface area contributed by atoms with Crippen LogP contribution in [-0.2, 0) is 4.79 Å². The molecule has 1 amide bonds. The second kappa shape index (κ2) is 7.26. The first-order valence-corrected chi connectivity index (χ1v) is 7.66. The molecule has 0 aliphatic heterocycles. The van der Waals surface area contributed by atoms with E-state index >= 15 is 0 Å². The van der Waals surface area contributed by atoms with Crippen LogP contribution in [0.2, 0.25) is 0 Å². The minimum atomic E-state index is -0.331. The summed E-state index contributed by atoms with van der Waals surface area (Å²) in [4.78, 5) is 12.3. The number of anilines is 1. The van der Waals surface area contributed by atoms with Gasteiger partial charge in [0.15, 0.2) is 0 Å². The molecular weight excluding hydrogens is 334 g/mol. The van der Waals surface area contributed by atoms with Crippen LogP contribution >= 0.6 is 15.9 Å². The lowest BCUT2D eigenvalue weighted by Gasteiger charge is -2.15. The molecule has 0 fully saturated rings. The van der Waals surface area contributed by atoms with Crippen LogP contribution in [0.4, 0.5) is 5.69 Å². The van der Waals surface area contributed by atoms with Crippen LogP contribution in [0.15, 0.2) is 41.1 Å². The van der Waals surface area contributed by atoms with Gasteiger partial charge in [-0.15, -0.1) is 0 Å². The fraction of sp³-hybridized carbons (Fsp3) is 0.333. The Labute approximate surface area is 132 Å². The number of rotatable bonds is 6. The zero-order chi connectivity index (χ0) is 15.2. The molecule has 0 spiro atoms. The van der Waals surface area contributed by atoms with Crippen molar-refractivity contribution in [2.75, 3.05) is 11.9 Å². The third-order valence-electron chi connectivity index (χ3n) is 3.01. The first kappa shape index (κ1) is 15.6. The van der Waals surface area contributed by atoms with Gasteiger partial charge in [-0.3, -0.25) is 9.48 Å². The molecule has 2 rings (SSSR count). The molecule has 0 aliphatic rings. The lowest BCUT2D eigenvalue weighted by Crippen LogP contribution is -2.25. The van der Waals surface area contributed by atoms with Gasteiger partial charge in [-0.25, -0.2) is 0 Å². The lowest BCUT2D eigenvalue weighted by atomic mass is 10.2. The summed E-state index contributed by atoms with van der Waals surface area (Å²) in [5, 5.41) is 7.08. The molecule has 2 aromatic rings. The maximum absolute atomic E-state index is 12.3. The van der Waals surface area contributed by atoms with Gasteiger partial charge in [-0.05, 0) is 53.5 Å². The zero-order valence-corrected chi connectivity index (χ0v) is 13.6. The average Bonchev–Trinajstić information content (AvgIpc) is 2.88. The Balaban J connectivity index is 2.05. The van der Waals surface area contributed by atoms with Gasteiger partial charge in [0.25, 0.3) is 0 Å². The quantitative estimate of drug-likeness (QED) is 0.864. The van der Waals surface area contributed by atoms with E-state index in [4.69, 9.17) is 4.74 Å². The topological polar surface area (TPSA) is 56.1 Å². The number of nitrogens with zero attached hydrogens (tertiary/aromatic N) is 2. The molecule has 112 valence electrons. The van der Waals surface area contributed by atoms with Crippen molar-refractivity contribution in [3.05, 3.63) is 41.1 Å². The van der Waals surface area contributed by atoms with E-state index in [9.17, 15) is 4.79 Å². The van der Waals surface area contributed by atoms with E-state index in [1.54, 1.807) is 17.1 Å². The summed E-state index contributed by atoms with van der Waals surface area (Å²) in [7, 11) is 0.